The highest BCUT2D eigenvalue weighted by Crippen LogP contribution is 2.48. The maximum atomic E-state index is 9.18. The molecule has 98 valence electrons. The summed E-state index contributed by atoms with van der Waals surface area (Å²) < 4.78 is 0. The third-order valence-corrected chi connectivity index (χ3v) is 5.41. The molecule has 2 aliphatic carbocycles. The van der Waals surface area contributed by atoms with Crippen molar-refractivity contribution in [3.8, 4) is 6.19 Å². The Labute approximate surface area is 115 Å². The molecule has 2 nitrogen and oxygen atoms in total. The summed E-state index contributed by atoms with van der Waals surface area (Å²) in [4.78, 5) is 1.87. The first-order valence-corrected chi connectivity index (χ1v) is 7.70. The van der Waals surface area contributed by atoms with Crippen molar-refractivity contribution in [2.75, 3.05) is 11.4 Å². The third kappa shape index (κ3) is 1.68. The number of nitriles is 1. The smallest absolute Gasteiger partial charge is 0.184 e. The van der Waals surface area contributed by atoms with E-state index >= 15 is 0 Å². The van der Waals surface area contributed by atoms with Gasteiger partial charge in [-0.3, -0.25) is 4.90 Å². The maximum absolute atomic E-state index is 9.18. The predicted molar refractivity (Wildman–Crippen MR) is 76.1 cm³/mol. The average Bonchev–Trinajstić information content (AvgIpc) is 2.83. The van der Waals surface area contributed by atoms with Crippen molar-refractivity contribution in [1.29, 1.82) is 5.26 Å². The largest absolute Gasteiger partial charge is 0.279 e. The fraction of sp³-hybridized carbons (Fsp3) is 0.588. The summed E-state index contributed by atoms with van der Waals surface area (Å²) in [5.41, 5.74) is 5.71. The lowest BCUT2D eigenvalue weighted by molar-refractivity contribution is 0.285. The number of anilines is 1. The summed E-state index contributed by atoms with van der Waals surface area (Å²) in [7, 11) is 0. The van der Waals surface area contributed by atoms with Crippen molar-refractivity contribution in [3.63, 3.8) is 0 Å². The molecule has 0 aromatic heterocycles. The lowest BCUT2D eigenvalue weighted by Crippen LogP contribution is -2.27. The van der Waals surface area contributed by atoms with Crippen LogP contribution in [-0.4, -0.2) is 6.54 Å². The zero-order valence-electron chi connectivity index (χ0n) is 11.4. The predicted octanol–water partition coefficient (Wildman–Crippen LogP) is 3.75. The summed E-state index contributed by atoms with van der Waals surface area (Å²) in [6.45, 7) is 0.878. The van der Waals surface area contributed by atoms with E-state index in [1.165, 1.54) is 49.8 Å². The molecule has 0 N–H and O–H groups in total. The van der Waals surface area contributed by atoms with Crippen molar-refractivity contribution in [3.05, 3.63) is 28.8 Å². The van der Waals surface area contributed by atoms with E-state index in [2.05, 4.69) is 18.3 Å². The molecule has 1 aromatic carbocycles. The first-order chi connectivity index (χ1) is 9.36. The second-order valence-corrected chi connectivity index (χ2v) is 6.39. The minimum atomic E-state index is 0.793. The van der Waals surface area contributed by atoms with Crippen molar-refractivity contribution in [2.24, 2.45) is 5.92 Å². The Bertz CT molecular complexity index is 549. The van der Waals surface area contributed by atoms with E-state index in [0.29, 0.717) is 0 Å². The second-order valence-electron chi connectivity index (χ2n) is 6.39. The first kappa shape index (κ1) is 11.3. The topological polar surface area (TPSA) is 27.0 Å². The second kappa shape index (κ2) is 4.27. The van der Waals surface area contributed by atoms with Gasteiger partial charge in [-0.2, -0.15) is 5.26 Å². The highest BCUT2D eigenvalue weighted by molar-refractivity contribution is 5.66. The zero-order valence-corrected chi connectivity index (χ0v) is 11.4. The van der Waals surface area contributed by atoms with Crippen molar-refractivity contribution in [2.45, 2.75) is 50.9 Å². The SMILES string of the molecule is N#CN1CCc2cc3c(cc21)C(C1CCCCC1)C3. The van der Waals surface area contributed by atoms with E-state index in [9.17, 15) is 5.26 Å². The highest BCUT2D eigenvalue weighted by atomic mass is 15.1. The number of nitrogens with zero attached hydrogens (tertiary/aromatic N) is 2. The molecule has 1 fully saturated rings. The fourth-order valence-electron chi connectivity index (χ4n) is 4.30. The normalized spacial score (nSPS) is 25.4. The summed E-state index contributed by atoms with van der Waals surface area (Å²) in [5.74, 6) is 1.71. The number of rotatable bonds is 1. The van der Waals surface area contributed by atoms with Gasteiger partial charge in [0.1, 0.15) is 0 Å². The molecule has 1 unspecified atom stereocenters. The summed E-state index contributed by atoms with van der Waals surface area (Å²) in [6.07, 6.45) is 11.8. The Kier molecular flexibility index (Phi) is 2.55. The van der Waals surface area contributed by atoms with E-state index in [1.807, 2.05) is 4.90 Å². The van der Waals surface area contributed by atoms with Gasteiger partial charge in [0, 0.05) is 6.54 Å². The van der Waals surface area contributed by atoms with Gasteiger partial charge in [-0.1, -0.05) is 25.3 Å². The Morgan fingerprint density at radius 1 is 1.11 bits per heavy atom. The molecule has 19 heavy (non-hydrogen) atoms. The van der Waals surface area contributed by atoms with Gasteiger partial charge >= 0.3 is 0 Å². The maximum Gasteiger partial charge on any atom is 0.184 e. The molecule has 3 aliphatic rings. The van der Waals surface area contributed by atoms with E-state index in [4.69, 9.17) is 0 Å². The van der Waals surface area contributed by atoms with Gasteiger partial charge in [-0.15, -0.1) is 0 Å². The van der Waals surface area contributed by atoms with Gasteiger partial charge in [0.05, 0.1) is 5.69 Å². The van der Waals surface area contributed by atoms with E-state index in [0.717, 1.165) is 24.8 Å². The van der Waals surface area contributed by atoms with Crippen molar-refractivity contribution in [1.82, 2.24) is 0 Å². The van der Waals surface area contributed by atoms with E-state index in [1.54, 1.807) is 11.1 Å². The molecule has 4 rings (SSSR count). The van der Waals surface area contributed by atoms with Crippen LogP contribution in [0.1, 0.15) is 54.7 Å². The van der Waals surface area contributed by atoms with E-state index in [-0.39, 0.29) is 0 Å². The fourth-order valence-corrected chi connectivity index (χ4v) is 4.30. The van der Waals surface area contributed by atoms with Gasteiger partial charge in [0.2, 0.25) is 0 Å². The number of hydrogen-bond donors (Lipinski definition) is 0. The average molecular weight is 252 g/mol. The molecule has 1 heterocycles. The number of benzene rings is 1. The number of hydrogen-bond acceptors (Lipinski definition) is 2. The molecule has 1 saturated carbocycles. The summed E-state index contributed by atoms with van der Waals surface area (Å²) >= 11 is 0. The molecule has 0 radical (unpaired) electrons. The van der Waals surface area contributed by atoms with Crippen LogP contribution in [0.3, 0.4) is 0 Å². The van der Waals surface area contributed by atoms with Gasteiger partial charge in [-0.05, 0) is 60.3 Å². The van der Waals surface area contributed by atoms with Gasteiger partial charge < -0.3 is 0 Å². The number of fused-ring (bicyclic) bond motifs is 2. The lowest BCUT2D eigenvalue weighted by atomic mass is 9.66. The molecular weight excluding hydrogens is 232 g/mol. The molecule has 1 atom stereocenters. The van der Waals surface area contributed by atoms with Crippen molar-refractivity contribution >= 4 is 5.69 Å². The standard InChI is InChI=1S/C17H20N2/c18-11-19-7-6-13-8-14-9-15(16(14)10-17(13)19)12-4-2-1-3-5-12/h8,10,12,15H,1-7,9H2. The Balaban J connectivity index is 1.64. The van der Waals surface area contributed by atoms with Crippen LogP contribution in [0.15, 0.2) is 12.1 Å². The Morgan fingerprint density at radius 3 is 2.74 bits per heavy atom. The third-order valence-electron chi connectivity index (χ3n) is 5.41. The molecule has 1 aliphatic heterocycles. The molecule has 0 spiro atoms. The van der Waals surface area contributed by atoms with Crippen LogP contribution in [0.4, 0.5) is 5.69 Å². The van der Waals surface area contributed by atoms with Crippen LogP contribution in [0, 0.1) is 17.4 Å². The Morgan fingerprint density at radius 2 is 1.95 bits per heavy atom. The molecular formula is C17H20N2. The van der Waals surface area contributed by atoms with Crippen LogP contribution >= 0.6 is 0 Å². The molecule has 2 heteroatoms. The first-order valence-electron chi connectivity index (χ1n) is 7.70. The quantitative estimate of drug-likeness (QED) is 0.712. The molecule has 1 aromatic rings. The molecule has 0 saturated heterocycles. The summed E-state index contributed by atoms with van der Waals surface area (Å²) in [6, 6.07) is 4.71. The monoisotopic (exact) mass is 252 g/mol. The molecule has 0 amide bonds. The minimum Gasteiger partial charge on any atom is -0.279 e. The minimum absolute atomic E-state index is 0.793. The van der Waals surface area contributed by atoms with Crippen LogP contribution in [0.2, 0.25) is 0 Å². The lowest BCUT2D eigenvalue weighted by Gasteiger charge is -2.39. The summed E-state index contributed by atoms with van der Waals surface area (Å²) in [5, 5.41) is 9.18. The van der Waals surface area contributed by atoms with E-state index < -0.39 is 0 Å². The van der Waals surface area contributed by atoms with Crippen molar-refractivity contribution < 1.29 is 0 Å². The van der Waals surface area contributed by atoms with Gasteiger partial charge in [-0.25, -0.2) is 0 Å². The van der Waals surface area contributed by atoms with Gasteiger partial charge in [0.25, 0.3) is 0 Å². The van der Waals surface area contributed by atoms with Crippen LogP contribution in [0.5, 0.6) is 0 Å². The van der Waals surface area contributed by atoms with Crippen LogP contribution in [-0.2, 0) is 12.8 Å². The highest BCUT2D eigenvalue weighted by Gasteiger charge is 2.35. The van der Waals surface area contributed by atoms with Crippen LogP contribution < -0.4 is 4.90 Å². The van der Waals surface area contributed by atoms with Gasteiger partial charge in [0.15, 0.2) is 6.19 Å². The Hall–Kier alpha value is -1.49. The zero-order chi connectivity index (χ0) is 12.8. The molecule has 0 bridgehead atoms. The van der Waals surface area contributed by atoms with Crippen LogP contribution in [0.25, 0.3) is 0 Å².